The lowest BCUT2D eigenvalue weighted by Gasteiger charge is -2.19. The van der Waals surface area contributed by atoms with E-state index in [9.17, 15) is 18.9 Å². The number of rotatable bonds is 5. The van der Waals surface area contributed by atoms with Crippen LogP contribution in [-0.2, 0) is 5.33 Å². The fourth-order valence-electron chi connectivity index (χ4n) is 1.41. The number of hydrogen-bond acceptors (Lipinski definition) is 3. The second-order valence-electron chi connectivity index (χ2n) is 3.48. The molecule has 17 heavy (non-hydrogen) atoms. The van der Waals surface area contributed by atoms with E-state index < -0.39 is 17.9 Å². The van der Waals surface area contributed by atoms with E-state index in [4.69, 9.17) is 0 Å². The average molecular weight is 309 g/mol. The zero-order valence-corrected chi connectivity index (χ0v) is 10.7. The van der Waals surface area contributed by atoms with Crippen molar-refractivity contribution in [2.45, 2.75) is 11.8 Å². The maximum atomic E-state index is 12.2. The molecule has 0 aliphatic heterocycles. The minimum atomic E-state index is -2.44. The molecule has 1 rings (SSSR count). The lowest BCUT2D eigenvalue weighted by molar-refractivity contribution is -0.385. The van der Waals surface area contributed by atoms with Gasteiger partial charge in [-0.25, -0.2) is 8.78 Å². The summed E-state index contributed by atoms with van der Waals surface area (Å²) in [6.07, 6.45) is -2.44. The van der Waals surface area contributed by atoms with Crippen LogP contribution in [-0.4, -0.2) is 24.9 Å². The lowest BCUT2D eigenvalue weighted by atomic mass is 10.1. The van der Waals surface area contributed by atoms with Gasteiger partial charge in [0, 0.05) is 29.7 Å². The Morgan fingerprint density at radius 3 is 2.65 bits per heavy atom. The number of benzene rings is 1. The number of nitrogens with zero attached hydrogens (tertiary/aromatic N) is 2. The van der Waals surface area contributed by atoms with Crippen molar-refractivity contribution in [3.05, 3.63) is 33.9 Å². The predicted molar refractivity (Wildman–Crippen MR) is 65.0 cm³/mol. The monoisotopic (exact) mass is 308 g/mol. The highest BCUT2D eigenvalue weighted by atomic mass is 79.9. The maximum absolute atomic E-state index is 12.2. The van der Waals surface area contributed by atoms with Crippen molar-refractivity contribution >= 4 is 27.3 Å². The van der Waals surface area contributed by atoms with Gasteiger partial charge in [-0.05, 0) is 12.1 Å². The predicted octanol–water partition coefficient (Wildman–Crippen LogP) is 3.19. The molecule has 0 unspecified atom stereocenters. The van der Waals surface area contributed by atoms with E-state index in [-0.39, 0.29) is 5.69 Å². The number of nitro benzene ring substituents is 1. The number of halogens is 3. The van der Waals surface area contributed by atoms with Crippen molar-refractivity contribution in [3.63, 3.8) is 0 Å². The van der Waals surface area contributed by atoms with Crippen LogP contribution >= 0.6 is 15.9 Å². The summed E-state index contributed by atoms with van der Waals surface area (Å²) >= 11 is 3.14. The molecule has 1 aromatic rings. The second kappa shape index (κ2) is 5.90. The standard InChI is InChI=1S/C10H11BrF2N2O2/c1-14(6-10(12)13)8-2-3-9(15(16)17)7(4-8)5-11/h2-4,10H,5-6H2,1H3. The Balaban J connectivity index is 3.00. The van der Waals surface area contributed by atoms with Gasteiger partial charge in [0.05, 0.1) is 11.5 Å². The summed E-state index contributed by atoms with van der Waals surface area (Å²) < 4.78 is 24.4. The van der Waals surface area contributed by atoms with Gasteiger partial charge in [-0.2, -0.15) is 0 Å². The van der Waals surface area contributed by atoms with E-state index in [1.54, 1.807) is 0 Å². The molecule has 0 heterocycles. The summed E-state index contributed by atoms with van der Waals surface area (Å²) in [6, 6.07) is 4.33. The van der Waals surface area contributed by atoms with E-state index in [2.05, 4.69) is 15.9 Å². The highest BCUT2D eigenvalue weighted by molar-refractivity contribution is 9.08. The third-order valence-corrected chi connectivity index (χ3v) is 2.86. The Bertz CT molecular complexity index is 415. The lowest BCUT2D eigenvalue weighted by Crippen LogP contribution is -2.24. The smallest absolute Gasteiger partial charge is 0.273 e. The third kappa shape index (κ3) is 3.62. The number of hydrogen-bond donors (Lipinski definition) is 0. The van der Waals surface area contributed by atoms with Crippen molar-refractivity contribution in [1.29, 1.82) is 0 Å². The van der Waals surface area contributed by atoms with Crippen LogP contribution in [0.25, 0.3) is 0 Å². The Labute approximate surface area is 106 Å². The Morgan fingerprint density at radius 2 is 2.18 bits per heavy atom. The molecule has 0 fully saturated rings. The fraction of sp³-hybridized carbons (Fsp3) is 0.400. The summed E-state index contributed by atoms with van der Waals surface area (Å²) in [7, 11) is 1.52. The van der Waals surface area contributed by atoms with Crippen LogP contribution in [0, 0.1) is 10.1 Å². The highest BCUT2D eigenvalue weighted by Crippen LogP contribution is 2.26. The van der Waals surface area contributed by atoms with Crippen LogP contribution in [0.15, 0.2) is 18.2 Å². The van der Waals surface area contributed by atoms with E-state index in [1.165, 1.54) is 30.1 Å². The molecule has 0 saturated carbocycles. The zero-order chi connectivity index (χ0) is 13.0. The molecule has 0 aliphatic carbocycles. The summed E-state index contributed by atoms with van der Waals surface area (Å²) in [5, 5.41) is 11.0. The van der Waals surface area contributed by atoms with Crippen LogP contribution in [0.1, 0.15) is 5.56 Å². The van der Waals surface area contributed by atoms with Gasteiger partial charge in [0.1, 0.15) is 0 Å². The van der Waals surface area contributed by atoms with Gasteiger partial charge in [0.25, 0.3) is 12.1 Å². The Hall–Kier alpha value is -1.24. The Morgan fingerprint density at radius 1 is 1.53 bits per heavy atom. The molecule has 0 radical (unpaired) electrons. The maximum Gasteiger partial charge on any atom is 0.273 e. The normalized spacial score (nSPS) is 10.6. The molecule has 7 heteroatoms. The van der Waals surface area contributed by atoms with Crippen molar-refractivity contribution in [1.82, 2.24) is 0 Å². The minimum absolute atomic E-state index is 0.0175. The van der Waals surface area contributed by atoms with Crippen LogP contribution in [0.5, 0.6) is 0 Å². The molecular formula is C10H11BrF2N2O2. The van der Waals surface area contributed by atoms with Gasteiger partial charge in [-0.1, -0.05) is 15.9 Å². The van der Waals surface area contributed by atoms with E-state index >= 15 is 0 Å². The Kier molecular flexibility index (Phi) is 4.80. The number of alkyl halides is 3. The zero-order valence-electron chi connectivity index (χ0n) is 9.07. The molecule has 0 saturated heterocycles. The van der Waals surface area contributed by atoms with Crippen LogP contribution in [0.2, 0.25) is 0 Å². The number of nitro groups is 1. The van der Waals surface area contributed by atoms with Crippen molar-refractivity contribution in [2.24, 2.45) is 0 Å². The first-order chi connectivity index (χ1) is 7.95. The quantitative estimate of drug-likeness (QED) is 0.477. The van der Waals surface area contributed by atoms with Crippen molar-refractivity contribution < 1.29 is 13.7 Å². The van der Waals surface area contributed by atoms with Gasteiger partial charge < -0.3 is 4.90 Å². The summed E-state index contributed by atoms with van der Waals surface area (Å²) in [6.45, 7) is -0.403. The largest absolute Gasteiger partial charge is 0.369 e. The van der Waals surface area contributed by atoms with Crippen molar-refractivity contribution in [2.75, 3.05) is 18.5 Å². The van der Waals surface area contributed by atoms with Gasteiger partial charge in [0.15, 0.2) is 0 Å². The van der Waals surface area contributed by atoms with Gasteiger partial charge >= 0.3 is 0 Å². The summed E-state index contributed by atoms with van der Waals surface area (Å²) in [5.74, 6) is 0. The van der Waals surface area contributed by atoms with Gasteiger partial charge in [0.2, 0.25) is 0 Å². The van der Waals surface area contributed by atoms with Crippen LogP contribution < -0.4 is 4.90 Å². The molecule has 0 spiro atoms. The molecule has 0 amide bonds. The van der Waals surface area contributed by atoms with E-state index in [0.29, 0.717) is 16.6 Å². The molecule has 0 atom stereocenters. The SMILES string of the molecule is CN(CC(F)F)c1ccc([N+](=O)[O-])c(CBr)c1. The fourth-order valence-corrected chi connectivity index (χ4v) is 1.86. The van der Waals surface area contributed by atoms with E-state index in [1.807, 2.05) is 0 Å². The molecule has 94 valence electrons. The highest BCUT2D eigenvalue weighted by Gasteiger charge is 2.15. The van der Waals surface area contributed by atoms with Crippen molar-refractivity contribution in [3.8, 4) is 0 Å². The van der Waals surface area contributed by atoms with Gasteiger partial charge in [-0.15, -0.1) is 0 Å². The van der Waals surface area contributed by atoms with E-state index in [0.717, 1.165) is 0 Å². The first-order valence-electron chi connectivity index (χ1n) is 4.78. The average Bonchev–Trinajstić information content (AvgIpc) is 2.27. The summed E-state index contributed by atoms with van der Waals surface area (Å²) in [4.78, 5) is 11.6. The first-order valence-corrected chi connectivity index (χ1v) is 5.90. The molecule has 4 nitrogen and oxygen atoms in total. The third-order valence-electron chi connectivity index (χ3n) is 2.26. The summed E-state index contributed by atoms with van der Waals surface area (Å²) in [5.41, 5.74) is 0.982. The molecule has 0 bridgehead atoms. The second-order valence-corrected chi connectivity index (χ2v) is 4.04. The number of anilines is 1. The molecule has 0 aliphatic rings. The topological polar surface area (TPSA) is 46.4 Å². The molecule has 0 aromatic heterocycles. The molecular weight excluding hydrogens is 298 g/mol. The van der Waals surface area contributed by atoms with Crippen LogP contribution in [0.3, 0.4) is 0 Å². The minimum Gasteiger partial charge on any atom is -0.369 e. The molecule has 1 aromatic carbocycles. The first kappa shape index (κ1) is 13.8. The van der Waals surface area contributed by atoms with Gasteiger partial charge in [-0.3, -0.25) is 10.1 Å². The van der Waals surface area contributed by atoms with Crippen LogP contribution in [0.4, 0.5) is 20.2 Å². The molecule has 0 N–H and O–H groups in total.